The van der Waals surface area contributed by atoms with E-state index in [1.807, 2.05) is 6.07 Å². The van der Waals surface area contributed by atoms with Gasteiger partial charge < -0.3 is 25.4 Å². The minimum atomic E-state index is -0.494. The van der Waals surface area contributed by atoms with Crippen molar-refractivity contribution in [2.24, 2.45) is 0 Å². The first-order valence-corrected chi connectivity index (χ1v) is 11.1. The van der Waals surface area contributed by atoms with Crippen LogP contribution in [0.3, 0.4) is 0 Å². The number of ether oxygens (including phenoxy) is 2. The molecule has 0 aliphatic rings. The lowest BCUT2D eigenvalue weighted by Gasteiger charge is -2.13. The average Bonchev–Trinajstić information content (AvgIpc) is 2.86. The second-order valence-electron chi connectivity index (χ2n) is 7.04. The van der Waals surface area contributed by atoms with E-state index in [2.05, 4.69) is 30.9 Å². The summed E-state index contributed by atoms with van der Waals surface area (Å²) in [5.74, 6) is 1.63. The van der Waals surface area contributed by atoms with Crippen molar-refractivity contribution >= 4 is 46.6 Å². The first-order chi connectivity index (χ1) is 17.0. The number of rotatable bonds is 7. The first kappa shape index (κ1) is 24.1. The Balaban J connectivity index is 1.50. The lowest BCUT2D eigenvalue weighted by atomic mass is 10.2. The standard InChI is InChI=1S/C24H20Cl2N6O3/c1-27-23-29-11-9-18(31-23)16-4-3-10-28-22(16)35-20-8-6-15(13-17(20)26)30-24(33)32-19-12-14(25)5-7-21(19)34-2/h3-13H,1-2H3,(H,27,29,31)(H2,30,32,33). The van der Waals surface area contributed by atoms with Gasteiger partial charge in [0, 0.05) is 30.2 Å². The van der Waals surface area contributed by atoms with Gasteiger partial charge in [-0.1, -0.05) is 23.2 Å². The number of nitrogens with one attached hydrogen (secondary N) is 3. The molecule has 0 bridgehead atoms. The van der Waals surface area contributed by atoms with E-state index >= 15 is 0 Å². The van der Waals surface area contributed by atoms with Crippen molar-refractivity contribution in [2.45, 2.75) is 0 Å². The fraction of sp³-hybridized carbons (Fsp3) is 0.0833. The maximum absolute atomic E-state index is 12.5. The second kappa shape index (κ2) is 10.9. The molecule has 0 radical (unpaired) electrons. The van der Waals surface area contributed by atoms with Crippen molar-refractivity contribution < 1.29 is 14.3 Å². The van der Waals surface area contributed by atoms with Crippen molar-refractivity contribution in [1.29, 1.82) is 0 Å². The molecule has 4 rings (SSSR count). The van der Waals surface area contributed by atoms with Crippen LogP contribution in [0.15, 0.2) is 67.0 Å². The van der Waals surface area contributed by atoms with Crippen LogP contribution in [-0.4, -0.2) is 35.1 Å². The van der Waals surface area contributed by atoms with Gasteiger partial charge in [0.15, 0.2) is 0 Å². The van der Waals surface area contributed by atoms with Gasteiger partial charge in [-0.3, -0.25) is 0 Å². The van der Waals surface area contributed by atoms with Crippen molar-refractivity contribution in [3.8, 4) is 28.6 Å². The lowest BCUT2D eigenvalue weighted by Crippen LogP contribution is -2.19. The Morgan fingerprint density at radius 2 is 1.77 bits per heavy atom. The topological polar surface area (TPSA) is 110 Å². The molecular formula is C24H20Cl2N6O3. The highest BCUT2D eigenvalue weighted by molar-refractivity contribution is 6.32. The minimum absolute atomic E-state index is 0.276. The molecule has 4 aromatic rings. The van der Waals surface area contributed by atoms with Gasteiger partial charge in [-0.15, -0.1) is 0 Å². The lowest BCUT2D eigenvalue weighted by molar-refractivity contribution is 0.262. The average molecular weight is 511 g/mol. The summed E-state index contributed by atoms with van der Waals surface area (Å²) in [6, 6.07) is 14.7. The predicted octanol–water partition coefficient (Wildman–Crippen LogP) is 6.33. The molecule has 2 aromatic heterocycles. The van der Waals surface area contributed by atoms with Crippen LogP contribution in [0.4, 0.5) is 22.1 Å². The number of carbonyl (C=O) groups excluding carboxylic acids is 1. The number of nitrogens with zero attached hydrogens (tertiary/aromatic N) is 3. The molecule has 2 aromatic carbocycles. The van der Waals surface area contributed by atoms with Crippen LogP contribution >= 0.6 is 23.2 Å². The number of pyridine rings is 1. The van der Waals surface area contributed by atoms with Crippen LogP contribution < -0.4 is 25.4 Å². The number of methoxy groups -OCH3 is 1. The van der Waals surface area contributed by atoms with Crippen molar-refractivity contribution in [1.82, 2.24) is 15.0 Å². The van der Waals surface area contributed by atoms with E-state index in [1.165, 1.54) is 7.11 Å². The Hall–Kier alpha value is -4.08. The van der Waals surface area contributed by atoms with Gasteiger partial charge in [0.1, 0.15) is 11.5 Å². The van der Waals surface area contributed by atoms with E-state index in [4.69, 9.17) is 32.7 Å². The number of hydrogen-bond acceptors (Lipinski definition) is 7. The Labute approximate surface area is 211 Å². The maximum Gasteiger partial charge on any atom is 0.323 e. The van der Waals surface area contributed by atoms with Crippen molar-refractivity contribution in [3.63, 3.8) is 0 Å². The fourth-order valence-corrected chi connectivity index (χ4v) is 3.52. The number of urea groups is 1. The summed E-state index contributed by atoms with van der Waals surface area (Å²) in [5, 5.41) is 9.06. The first-order valence-electron chi connectivity index (χ1n) is 10.3. The number of halogens is 2. The van der Waals surface area contributed by atoms with Gasteiger partial charge in [0.2, 0.25) is 11.8 Å². The van der Waals surface area contributed by atoms with E-state index in [9.17, 15) is 4.79 Å². The molecule has 0 saturated heterocycles. The van der Waals surface area contributed by atoms with E-state index in [0.29, 0.717) is 51.0 Å². The number of carbonyl (C=O) groups is 1. The van der Waals surface area contributed by atoms with Gasteiger partial charge in [-0.05, 0) is 54.6 Å². The molecule has 35 heavy (non-hydrogen) atoms. The summed E-state index contributed by atoms with van der Waals surface area (Å²) < 4.78 is 11.2. The maximum atomic E-state index is 12.5. The van der Waals surface area contributed by atoms with Crippen molar-refractivity contribution in [2.75, 3.05) is 30.1 Å². The summed E-state index contributed by atoms with van der Waals surface area (Å²) in [4.78, 5) is 25.4. The number of hydrogen-bond donors (Lipinski definition) is 3. The molecule has 2 amide bonds. The van der Waals surface area contributed by atoms with Crippen LogP contribution in [-0.2, 0) is 0 Å². The number of benzene rings is 2. The van der Waals surface area contributed by atoms with E-state index < -0.39 is 6.03 Å². The smallest absolute Gasteiger partial charge is 0.323 e. The third-order valence-corrected chi connectivity index (χ3v) is 5.26. The summed E-state index contributed by atoms with van der Waals surface area (Å²) in [6.45, 7) is 0. The molecule has 178 valence electrons. The van der Waals surface area contributed by atoms with Crippen molar-refractivity contribution in [3.05, 3.63) is 77.0 Å². The van der Waals surface area contributed by atoms with Crippen LogP contribution in [0.1, 0.15) is 0 Å². The zero-order chi connectivity index (χ0) is 24.8. The van der Waals surface area contributed by atoms with Gasteiger partial charge in [-0.25, -0.2) is 19.7 Å². The zero-order valence-electron chi connectivity index (χ0n) is 18.7. The Bertz CT molecular complexity index is 1370. The van der Waals surface area contributed by atoms with E-state index in [0.717, 1.165) is 0 Å². The molecule has 2 heterocycles. The fourth-order valence-electron chi connectivity index (χ4n) is 3.12. The number of amides is 2. The third-order valence-electron chi connectivity index (χ3n) is 4.73. The van der Waals surface area contributed by atoms with Crippen LogP contribution in [0.2, 0.25) is 10.0 Å². The van der Waals surface area contributed by atoms with Crippen LogP contribution in [0.5, 0.6) is 17.4 Å². The van der Waals surface area contributed by atoms with Crippen LogP contribution in [0, 0.1) is 0 Å². The van der Waals surface area contributed by atoms with Gasteiger partial charge in [0.05, 0.1) is 29.1 Å². The normalized spacial score (nSPS) is 10.4. The van der Waals surface area contributed by atoms with Gasteiger partial charge >= 0.3 is 6.03 Å². The number of aromatic nitrogens is 3. The quantitative estimate of drug-likeness (QED) is 0.266. The Kier molecular flexibility index (Phi) is 7.49. The molecule has 0 atom stereocenters. The summed E-state index contributed by atoms with van der Waals surface area (Å²) in [7, 11) is 3.24. The molecule has 0 unspecified atom stereocenters. The molecule has 0 fully saturated rings. The van der Waals surface area contributed by atoms with Crippen LogP contribution in [0.25, 0.3) is 11.3 Å². The van der Waals surface area contributed by atoms with E-state index in [1.54, 1.807) is 68.0 Å². The molecule has 9 nitrogen and oxygen atoms in total. The largest absolute Gasteiger partial charge is 0.495 e. The number of anilines is 3. The molecule has 0 saturated carbocycles. The SMILES string of the molecule is CNc1nccc(-c2cccnc2Oc2ccc(NC(=O)Nc3cc(Cl)ccc3OC)cc2Cl)n1. The summed E-state index contributed by atoms with van der Waals surface area (Å²) in [5.41, 5.74) is 2.18. The molecule has 0 aliphatic heterocycles. The zero-order valence-corrected chi connectivity index (χ0v) is 20.2. The summed E-state index contributed by atoms with van der Waals surface area (Å²) >= 11 is 12.5. The Morgan fingerprint density at radius 1 is 0.943 bits per heavy atom. The Morgan fingerprint density at radius 3 is 2.54 bits per heavy atom. The highest BCUT2D eigenvalue weighted by atomic mass is 35.5. The molecular weight excluding hydrogens is 491 g/mol. The van der Waals surface area contributed by atoms with Gasteiger partial charge in [0.25, 0.3) is 0 Å². The van der Waals surface area contributed by atoms with Gasteiger partial charge in [-0.2, -0.15) is 0 Å². The highest BCUT2D eigenvalue weighted by Gasteiger charge is 2.14. The molecule has 0 aliphatic carbocycles. The minimum Gasteiger partial charge on any atom is -0.495 e. The van der Waals surface area contributed by atoms with E-state index in [-0.39, 0.29) is 5.02 Å². The molecule has 11 heteroatoms. The monoisotopic (exact) mass is 510 g/mol. The summed E-state index contributed by atoms with van der Waals surface area (Å²) in [6.07, 6.45) is 3.25. The second-order valence-corrected chi connectivity index (χ2v) is 7.89. The predicted molar refractivity (Wildman–Crippen MR) is 137 cm³/mol. The molecule has 3 N–H and O–H groups in total. The molecule has 0 spiro atoms. The highest BCUT2D eigenvalue weighted by Crippen LogP contribution is 2.35. The third kappa shape index (κ3) is 5.89.